The van der Waals surface area contributed by atoms with Gasteiger partial charge in [0.1, 0.15) is 0 Å². The Balaban J connectivity index is 1.51. The van der Waals surface area contributed by atoms with Gasteiger partial charge in [-0.05, 0) is 90.3 Å². The number of rotatable bonds is 3. The van der Waals surface area contributed by atoms with Gasteiger partial charge in [0.15, 0.2) is 17.5 Å². The van der Waals surface area contributed by atoms with E-state index in [-0.39, 0.29) is 0 Å². The first kappa shape index (κ1) is 24.2. The molecule has 7 aromatic rings. The first-order valence-electron chi connectivity index (χ1n) is 13.7. The fourth-order valence-electron chi connectivity index (χ4n) is 6.02. The van der Waals surface area contributed by atoms with Gasteiger partial charge in [-0.3, -0.25) is 0 Å². The number of hydrogen-bond acceptors (Lipinski definition) is 3. The third-order valence-corrected chi connectivity index (χ3v) is 7.60. The molecule has 0 spiro atoms. The van der Waals surface area contributed by atoms with Gasteiger partial charge in [-0.2, -0.15) is 0 Å². The molecule has 1 aromatic heterocycles. The summed E-state index contributed by atoms with van der Waals surface area (Å²) < 4.78 is 0. The van der Waals surface area contributed by atoms with Crippen LogP contribution < -0.4 is 0 Å². The summed E-state index contributed by atoms with van der Waals surface area (Å²) in [6, 6.07) is 36.9. The Morgan fingerprint density at radius 1 is 0.325 bits per heavy atom. The predicted octanol–water partition coefficient (Wildman–Crippen LogP) is 9.57. The van der Waals surface area contributed by atoms with Gasteiger partial charge in [0.25, 0.3) is 0 Å². The summed E-state index contributed by atoms with van der Waals surface area (Å²) in [4.78, 5) is 15.1. The molecule has 40 heavy (non-hydrogen) atoms. The molecular formula is C37H29N3. The number of fused-ring (bicyclic) bond motifs is 6. The molecule has 6 aromatic carbocycles. The van der Waals surface area contributed by atoms with E-state index in [0.29, 0.717) is 17.5 Å². The van der Waals surface area contributed by atoms with Crippen molar-refractivity contribution in [2.45, 2.75) is 27.7 Å². The lowest BCUT2D eigenvalue weighted by atomic mass is 9.93. The van der Waals surface area contributed by atoms with Gasteiger partial charge >= 0.3 is 0 Å². The van der Waals surface area contributed by atoms with E-state index in [2.05, 4.69) is 131 Å². The van der Waals surface area contributed by atoms with Crippen molar-refractivity contribution in [3.05, 3.63) is 125 Å². The molecule has 0 radical (unpaired) electrons. The highest BCUT2D eigenvalue weighted by Gasteiger charge is 2.15. The number of aryl methyl sites for hydroxylation is 4. The molecule has 3 nitrogen and oxygen atoms in total. The van der Waals surface area contributed by atoms with Crippen molar-refractivity contribution in [2.75, 3.05) is 0 Å². The monoisotopic (exact) mass is 515 g/mol. The van der Waals surface area contributed by atoms with E-state index in [9.17, 15) is 0 Å². The Labute approximate surface area is 234 Å². The molecule has 0 bridgehead atoms. The lowest BCUT2D eigenvalue weighted by Gasteiger charge is -2.13. The SMILES string of the molecule is Cc1cc(C)cc(-c2nc(-c3cc(C)cc(C)c3)nc(-c3ccc4c5ccccc5c5ccccc5c4c3)n2)c1. The Hall–Kier alpha value is -4.89. The first-order chi connectivity index (χ1) is 19.4. The highest BCUT2D eigenvalue weighted by molar-refractivity contribution is 6.25. The van der Waals surface area contributed by atoms with Crippen molar-refractivity contribution in [2.24, 2.45) is 0 Å². The summed E-state index contributed by atoms with van der Waals surface area (Å²) in [7, 11) is 0. The standard InChI is InChI=1S/C37H29N3/c1-22-15-23(2)18-27(17-22)36-38-35(39-37(40-36)28-19-24(3)16-25(4)20-28)26-13-14-33-31-11-6-5-9-29(31)30-10-7-8-12-32(30)34(33)21-26/h5-21H,1-4H3. The van der Waals surface area contributed by atoms with Crippen LogP contribution >= 0.6 is 0 Å². The molecule has 0 aliphatic carbocycles. The average Bonchev–Trinajstić information content (AvgIpc) is 2.96. The smallest absolute Gasteiger partial charge is 0.164 e. The van der Waals surface area contributed by atoms with Crippen LogP contribution in [0.3, 0.4) is 0 Å². The van der Waals surface area contributed by atoms with Gasteiger partial charge in [0.2, 0.25) is 0 Å². The number of nitrogens with zero attached hydrogens (tertiary/aromatic N) is 3. The Kier molecular flexibility index (Phi) is 5.67. The number of aromatic nitrogens is 3. The number of hydrogen-bond donors (Lipinski definition) is 0. The molecule has 0 saturated carbocycles. The second-order valence-corrected chi connectivity index (χ2v) is 10.9. The zero-order valence-corrected chi connectivity index (χ0v) is 23.2. The molecule has 0 fully saturated rings. The lowest BCUT2D eigenvalue weighted by Crippen LogP contribution is -2.01. The summed E-state index contributed by atoms with van der Waals surface area (Å²) >= 11 is 0. The zero-order chi connectivity index (χ0) is 27.4. The molecule has 0 saturated heterocycles. The second kappa shape index (κ2) is 9.39. The quantitative estimate of drug-likeness (QED) is 0.220. The van der Waals surface area contributed by atoms with E-state index in [1.54, 1.807) is 0 Å². The molecule has 0 amide bonds. The molecule has 1 heterocycles. The maximum absolute atomic E-state index is 5.05. The van der Waals surface area contributed by atoms with Crippen LogP contribution in [0.15, 0.2) is 103 Å². The molecule has 0 aliphatic rings. The molecule has 3 heteroatoms. The average molecular weight is 516 g/mol. The minimum atomic E-state index is 0.678. The van der Waals surface area contributed by atoms with Crippen LogP contribution in [0.25, 0.3) is 66.5 Å². The fourth-order valence-corrected chi connectivity index (χ4v) is 6.02. The van der Waals surface area contributed by atoms with Crippen LogP contribution in [0.2, 0.25) is 0 Å². The van der Waals surface area contributed by atoms with Crippen molar-refractivity contribution < 1.29 is 0 Å². The number of benzene rings is 6. The lowest BCUT2D eigenvalue weighted by molar-refractivity contribution is 1.07. The van der Waals surface area contributed by atoms with Crippen LogP contribution in [0.1, 0.15) is 22.3 Å². The fraction of sp³-hybridized carbons (Fsp3) is 0.108. The van der Waals surface area contributed by atoms with E-state index < -0.39 is 0 Å². The summed E-state index contributed by atoms with van der Waals surface area (Å²) in [6.45, 7) is 8.45. The van der Waals surface area contributed by atoms with Crippen molar-refractivity contribution in [1.82, 2.24) is 15.0 Å². The summed E-state index contributed by atoms with van der Waals surface area (Å²) in [5.74, 6) is 2.06. The molecule has 0 atom stereocenters. The van der Waals surface area contributed by atoms with Gasteiger partial charge in [-0.1, -0.05) is 95.1 Å². The Morgan fingerprint density at radius 2 is 0.675 bits per heavy atom. The van der Waals surface area contributed by atoms with E-state index in [0.717, 1.165) is 16.7 Å². The summed E-state index contributed by atoms with van der Waals surface area (Å²) in [6.07, 6.45) is 0. The largest absolute Gasteiger partial charge is 0.208 e. The third-order valence-electron chi connectivity index (χ3n) is 7.60. The predicted molar refractivity (Wildman–Crippen MR) is 168 cm³/mol. The first-order valence-corrected chi connectivity index (χ1v) is 13.7. The van der Waals surface area contributed by atoms with Gasteiger partial charge in [0.05, 0.1) is 0 Å². The van der Waals surface area contributed by atoms with Gasteiger partial charge in [-0.15, -0.1) is 0 Å². The topological polar surface area (TPSA) is 38.7 Å². The molecule has 7 rings (SSSR count). The van der Waals surface area contributed by atoms with Crippen molar-refractivity contribution in [1.29, 1.82) is 0 Å². The maximum atomic E-state index is 5.05. The van der Waals surface area contributed by atoms with Gasteiger partial charge < -0.3 is 0 Å². The van der Waals surface area contributed by atoms with Crippen LogP contribution in [0, 0.1) is 27.7 Å². The van der Waals surface area contributed by atoms with Crippen LogP contribution in [-0.4, -0.2) is 15.0 Å². The van der Waals surface area contributed by atoms with E-state index in [1.807, 2.05) is 0 Å². The normalized spacial score (nSPS) is 11.5. The summed E-state index contributed by atoms with van der Waals surface area (Å²) in [5, 5.41) is 7.45. The van der Waals surface area contributed by atoms with Gasteiger partial charge in [-0.25, -0.2) is 15.0 Å². The Morgan fingerprint density at radius 3 is 1.10 bits per heavy atom. The minimum absolute atomic E-state index is 0.678. The van der Waals surface area contributed by atoms with Crippen LogP contribution in [-0.2, 0) is 0 Å². The van der Waals surface area contributed by atoms with Crippen molar-refractivity contribution in [3.63, 3.8) is 0 Å². The van der Waals surface area contributed by atoms with E-state index >= 15 is 0 Å². The highest BCUT2D eigenvalue weighted by Crippen LogP contribution is 2.37. The van der Waals surface area contributed by atoms with Crippen molar-refractivity contribution >= 4 is 32.3 Å². The summed E-state index contributed by atoms with van der Waals surface area (Å²) in [5.41, 5.74) is 7.74. The molecule has 192 valence electrons. The Bertz CT molecular complexity index is 1960. The minimum Gasteiger partial charge on any atom is -0.208 e. The maximum Gasteiger partial charge on any atom is 0.164 e. The molecule has 0 aliphatic heterocycles. The van der Waals surface area contributed by atoms with Crippen LogP contribution in [0.5, 0.6) is 0 Å². The van der Waals surface area contributed by atoms with E-state index in [4.69, 9.17) is 15.0 Å². The third kappa shape index (κ3) is 4.20. The molecular weight excluding hydrogens is 486 g/mol. The van der Waals surface area contributed by atoms with Crippen LogP contribution in [0.4, 0.5) is 0 Å². The molecule has 0 unspecified atom stereocenters. The zero-order valence-electron chi connectivity index (χ0n) is 23.2. The highest BCUT2D eigenvalue weighted by atomic mass is 15.0. The molecule has 0 N–H and O–H groups in total. The van der Waals surface area contributed by atoms with Gasteiger partial charge in [0, 0.05) is 16.7 Å². The second-order valence-electron chi connectivity index (χ2n) is 10.9. The van der Waals surface area contributed by atoms with E-state index in [1.165, 1.54) is 54.6 Å². The van der Waals surface area contributed by atoms with Crippen molar-refractivity contribution in [3.8, 4) is 34.2 Å².